The molecular formula is C18H15N3O2. The zero-order chi connectivity index (χ0) is 16.1. The van der Waals surface area contributed by atoms with Crippen LogP contribution in [0.5, 0.6) is 5.75 Å². The molecule has 3 aromatic rings. The molecule has 0 atom stereocenters. The maximum atomic E-state index is 9.23. The molecule has 0 saturated carbocycles. The maximum Gasteiger partial charge on any atom is 0.236 e. The summed E-state index contributed by atoms with van der Waals surface area (Å²) in [6, 6.07) is 19.3. The van der Waals surface area contributed by atoms with Gasteiger partial charge in [-0.2, -0.15) is 5.26 Å². The number of nitriles is 1. The topological polar surface area (TPSA) is 71.1 Å². The van der Waals surface area contributed by atoms with Crippen molar-refractivity contribution in [3.05, 3.63) is 71.7 Å². The van der Waals surface area contributed by atoms with Crippen molar-refractivity contribution < 1.29 is 9.15 Å². The Morgan fingerprint density at radius 3 is 2.52 bits per heavy atom. The Bertz CT molecular complexity index is 818. The molecule has 23 heavy (non-hydrogen) atoms. The van der Waals surface area contributed by atoms with Gasteiger partial charge in [0.25, 0.3) is 0 Å². The number of aromatic nitrogens is 1. The highest BCUT2D eigenvalue weighted by Gasteiger charge is 2.13. The standard InChI is InChI=1S/C18H15N3O2/c1-22-15-9-7-14(8-10-15)20-18-16(12-19)21-17(23-18)11-13-5-3-2-4-6-13/h2-10,20H,11H2,1H3. The van der Waals surface area contributed by atoms with E-state index in [9.17, 15) is 5.26 Å². The van der Waals surface area contributed by atoms with E-state index < -0.39 is 0 Å². The number of nitrogens with one attached hydrogen (secondary N) is 1. The second-order valence-corrected chi connectivity index (χ2v) is 4.91. The predicted molar refractivity (Wildman–Crippen MR) is 86.7 cm³/mol. The number of nitrogens with zero attached hydrogens (tertiary/aromatic N) is 2. The quantitative estimate of drug-likeness (QED) is 0.774. The Hall–Kier alpha value is -3.26. The first-order chi connectivity index (χ1) is 11.3. The minimum absolute atomic E-state index is 0.242. The molecule has 0 fully saturated rings. The van der Waals surface area contributed by atoms with Crippen LogP contribution >= 0.6 is 0 Å². The number of hydrogen-bond donors (Lipinski definition) is 1. The Labute approximate surface area is 134 Å². The van der Waals surface area contributed by atoms with Crippen molar-refractivity contribution in [3.8, 4) is 11.8 Å². The average molecular weight is 305 g/mol. The van der Waals surface area contributed by atoms with E-state index in [1.165, 1.54) is 0 Å². The Morgan fingerprint density at radius 1 is 1.13 bits per heavy atom. The minimum Gasteiger partial charge on any atom is -0.497 e. The van der Waals surface area contributed by atoms with Crippen molar-refractivity contribution in [2.45, 2.75) is 6.42 Å². The monoisotopic (exact) mass is 305 g/mol. The summed E-state index contributed by atoms with van der Waals surface area (Å²) in [5.41, 5.74) is 2.12. The molecule has 0 bridgehead atoms. The average Bonchev–Trinajstić information content (AvgIpc) is 2.98. The SMILES string of the molecule is COc1ccc(Nc2oc(Cc3ccccc3)nc2C#N)cc1. The smallest absolute Gasteiger partial charge is 0.236 e. The van der Waals surface area contributed by atoms with Gasteiger partial charge in [-0.3, -0.25) is 0 Å². The largest absolute Gasteiger partial charge is 0.497 e. The number of rotatable bonds is 5. The van der Waals surface area contributed by atoms with Crippen LogP contribution in [0.15, 0.2) is 59.0 Å². The van der Waals surface area contributed by atoms with Crippen molar-refractivity contribution >= 4 is 11.6 Å². The highest BCUT2D eigenvalue weighted by molar-refractivity contribution is 5.60. The lowest BCUT2D eigenvalue weighted by atomic mass is 10.1. The molecule has 0 aliphatic rings. The number of oxazole rings is 1. The fourth-order valence-electron chi connectivity index (χ4n) is 2.18. The summed E-state index contributed by atoms with van der Waals surface area (Å²) < 4.78 is 10.8. The molecule has 0 spiro atoms. The molecule has 3 rings (SSSR count). The molecule has 1 aromatic heterocycles. The molecule has 5 heteroatoms. The zero-order valence-electron chi connectivity index (χ0n) is 12.6. The predicted octanol–water partition coefficient (Wildman–Crippen LogP) is 3.89. The van der Waals surface area contributed by atoms with Gasteiger partial charge < -0.3 is 14.5 Å². The Kier molecular flexibility index (Phi) is 4.25. The molecule has 0 radical (unpaired) electrons. The van der Waals surface area contributed by atoms with E-state index in [0.717, 1.165) is 17.0 Å². The van der Waals surface area contributed by atoms with E-state index in [2.05, 4.69) is 16.4 Å². The van der Waals surface area contributed by atoms with Gasteiger partial charge in [0.15, 0.2) is 0 Å². The summed E-state index contributed by atoms with van der Waals surface area (Å²) in [7, 11) is 1.61. The lowest BCUT2D eigenvalue weighted by Gasteiger charge is -2.04. The third kappa shape index (κ3) is 3.50. The summed E-state index contributed by atoms with van der Waals surface area (Å²) in [4.78, 5) is 4.24. The molecule has 0 saturated heterocycles. The summed E-state index contributed by atoms with van der Waals surface area (Å²) in [5, 5.41) is 12.3. The second-order valence-electron chi connectivity index (χ2n) is 4.91. The molecule has 1 heterocycles. The van der Waals surface area contributed by atoms with Crippen LogP contribution < -0.4 is 10.1 Å². The van der Waals surface area contributed by atoms with Gasteiger partial charge in [0.1, 0.15) is 11.8 Å². The first kappa shape index (κ1) is 14.7. The Morgan fingerprint density at radius 2 is 1.87 bits per heavy atom. The molecule has 0 aliphatic carbocycles. The third-order valence-electron chi connectivity index (χ3n) is 3.32. The van der Waals surface area contributed by atoms with E-state index >= 15 is 0 Å². The van der Waals surface area contributed by atoms with E-state index in [1.54, 1.807) is 7.11 Å². The molecule has 2 aromatic carbocycles. The van der Waals surface area contributed by atoms with Crippen molar-refractivity contribution in [1.29, 1.82) is 5.26 Å². The van der Waals surface area contributed by atoms with Gasteiger partial charge in [0.05, 0.1) is 7.11 Å². The van der Waals surface area contributed by atoms with Gasteiger partial charge in [0.2, 0.25) is 17.5 Å². The van der Waals surface area contributed by atoms with Gasteiger partial charge in [-0.25, -0.2) is 4.98 Å². The van der Waals surface area contributed by atoms with Crippen LogP contribution in [0.2, 0.25) is 0 Å². The van der Waals surface area contributed by atoms with Crippen molar-refractivity contribution in [2.75, 3.05) is 12.4 Å². The van der Waals surface area contributed by atoms with Gasteiger partial charge in [-0.1, -0.05) is 30.3 Å². The first-order valence-corrected chi connectivity index (χ1v) is 7.13. The maximum absolute atomic E-state index is 9.23. The molecule has 114 valence electrons. The highest BCUT2D eigenvalue weighted by Crippen LogP contribution is 2.24. The number of anilines is 2. The van der Waals surface area contributed by atoms with Gasteiger partial charge in [0, 0.05) is 12.1 Å². The summed E-state index contributed by atoms with van der Waals surface area (Å²) in [5.74, 6) is 1.62. The van der Waals surface area contributed by atoms with Crippen molar-refractivity contribution in [1.82, 2.24) is 4.98 Å². The van der Waals surface area contributed by atoms with E-state index in [0.29, 0.717) is 18.2 Å². The van der Waals surface area contributed by atoms with Crippen LogP contribution in [-0.4, -0.2) is 12.1 Å². The van der Waals surface area contributed by atoms with E-state index in [1.807, 2.05) is 54.6 Å². The summed E-state index contributed by atoms with van der Waals surface area (Å²) in [6.07, 6.45) is 0.541. The first-order valence-electron chi connectivity index (χ1n) is 7.13. The normalized spacial score (nSPS) is 10.1. The van der Waals surface area contributed by atoms with Crippen LogP contribution in [0.3, 0.4) is 0 Å². The summed E-state index contributed by atoms with van der Waals surface area (Å²) in [6.45, 7) is 0. The molecule has 0 aliphatic heterocycles. The van der Waals surface area contributed by atoms with Crippen LogP contribution in [0.25, 0.3) is 0 Å². The number of methoxy groups -OCH3 is 1. The van der Waals surface area contributed by atoms with Crippen LogP contribution in [-0.2, 0) is 6.42 Å². The van der Waals surface area contributed by atoms with Crippen molar-refractivity contribution in [3.63, 3.8) is 0 Å². The molecular weight excluding hydrogens is 290 g/mol. The lowest BCUT2D eigenvalue weighted by molar-refractivity contribution is 0.415. The zero-order valence-corrected chi connectivity index (χ0v) is 12.6. The highest BCUT2D eigenvalue weighted by atomic mass is 16.5. The van der Waals surface area contributed by atoms with Crippen LogP contribution in [0, 0.1) is 11.3 Å². The fraction of sp³-hybridized carbons (Fsp3) is 0.111. The van der Waals surface area contributed by atoms with Gasteiger partial charge in [-0.05, 0) is 29.8 Å². The number of hydrogen-bond acceptors (Lipinski definition) is 5. The summed E-state index contributed by atoms with van der Waals surface area (Å²) >= 11 is 0. The van der Waals surface area contributed by atoms with Crippen LogP contribution in [0.1, 0.15) is 17.1 Å². The molecule has 0 unspecified atom stereocenters. The number of ether oxygens (including phenoxy) is 1. The molecule has 0 amide bonds. The lowest BCUT2D eigenvalue weighted by Crippen LogP contribution is -1.91. The third-order valence-corrected chi connectivity index (χ3v) is 3.32. The Balaban J connectivity index is 1.80. The molecule has 1 N–H and O–H groups in total. The number of benzene rings is 2. The van der Waals surface area contributed by atoms with Gasteiger partial charge >= 0.3 is 0 Å². The molecule has 5 nitrogen and oxygen atoms in total. The second kappa shape index (κ2) is 6.67. The van der Waals surface area contributed by atoms with E-state index in [4.69, 9.17) is 9.15 Å². The van der Waals surface area contributed by atoms with Crippen molar-refractivity contribution in [2.24, 2.45) is 0 Å². The van der Waals surface area contributed by atoms with E-state index in [-0.39, 0.29) is 5.69 Å². The van der Waals surface area contributed by atoms with Gasteiger partial charge in [-0.15, -0.1) is 0 Å². The fourth-order valence-corrected chi connectivity index (χ4v) is 2.18. The van der Waals surface area contributed by atoms with Crippen LogP contribution in [0.4, 0.5) is 11.6 Å². The minimum atomic E-state index is 0.242.